The van der Waals surface area contributed by atoms with Crippen molar-refractivity contribution in [2.75, 3.05) is 13.2 Å². The lowest BCUT2D eigenvalue weighted by Gasteiger charge is -2.29. The molecule has 6 heteroatoms. The van der Waals surface area contributed by atoms with Gasteiger partial charge in [-0.25, -0.2) is 4.39 Å². The van der Waals surface area contributed by atoms with Crippen molar-refractivity contribution in [2.24, 2.45) is 5.92 Å². The molecule has 0 saturated carbocycles. The van der Waals surface area contributed by atoms with E-state index in [1.165, 1.54) is 6.07 Å². The van der Waals surface area contributed by atoms with Crippen LogP contribution < -0.4 is 9.47 Å². The molecule has 2 unspecified atom stereocenters. The van der Waals surface area contributed by atoms with Crippen LogP contribution in [0.1, 0.15) is 55.7 Å². The average Bonchev–Trinajstić information content (AvgIpc) is 2.80. The summed E-state index contributed by atoms with van der Waals surface area (Å²) in [4.78, 5) is 0. The Kier molecular flexibility index (Phi) is 7.09. The minimum Gasteiger partial charge on any atom is -0.488 e. The smallest absolute Gasteiger partial charge is 0.205 e. The van der Waals surface area contributed by atoms with Crippen molar-refractivity contribution >= 4 is 0 Å². The summed E-state index contributed by atoms with van der Waals surface area (Å²) in [6.07, 6.45) is 7.02. The number of benzene rings is 2. The molecule has 0 bridgehead atoms. The first-order valence-corrected chi connectivity index (χ1v) is 11.4. The molecule has 2 heterocycles. The lowest BCUT2D eigenvalue weighted by molar-refractivity contribution is -0.0397. The molecule has 2 aliphatic heterocycles. The molecule has 0 N–H and O–H groups in total. The molecular weight excluding hydrogens is 417 g/mol. The van der Waals surface area contributed by atoms with Crippen LogP contribution in [-0.4, -0.2) is 19.3 Å². The second-order valence-electron chi connectivity index (χ2n) is 8.62. The summed E-state index contributed by atoms with van der Waals surface area (Å²) in [5.74, 6) is -2.76. The zero-order chi connectivity index (χ0) is 22.7. The maximum atomic E-state index is 14.9. The van der Waals surface area contributed by atoms with E-state index in [1.807, 2.05) is 0 Å². The van der Waals surface area contributed by atoms with Crippen molar-refractivity contribution in [3.05, 3.63) is 65.0 Å². The zero-order valence-electron chi connectivity index (χ0n) is 18.4. The number of aryl methyl sites for hydroxylation is 1. The highest BCUT2D eigenvalue weighted by atomic mass is 19.2. The molecule has 32 heavy (non-hydrogen) atoms. The van der Waals surface area contributed by atoms with Crippen LogP contribution in [0, 0.1) is 23.4 Å². The van der Waals surface area contributed by atoms with Crippen LogP contribution in [0.4, 0.5) is 13.2 Å². The van der Waals surface area contributed by atoms with Crippen LogP contribution in [0.5, 0.6) is 17.2 Å². The van der Waals surface area contributed by atoms with Gasteiger partial charge in [0.15, 0.2) is 23.1 Å². The van der Waals surface area contributed by atoms with Crippen molar-refractivity contribution in [1.29, 1.82) is 0 Å². The third kappa shape index (κ3) is 4.65. The van der Waals surface area contributed by atoms with Crippen LogP contribution in [0.25, 0.3) is 0 Å². The summed E-state index contributed by atoms with van der Waals surface area (Å²) in [6.45, 7) is 6.63. The Bertz CT molecular complexity index is 981. The van der Waals surface area contributed by atoms with Crippen LogP contribution in [-0.2, 0) is 17.6 Å². The van der Waals surface area contributed by atoms with Gasteiger partial charge in [-0.1, -0.05) is 31.6 Å². The zero-order valence-corrected chi connectivity index (χ0v) is 18.4. The van der Waals surface area contributed by atoms with Crippen molar-refractivity contribution in [3.8, 4) is 17.2 Å². The molecule has 0 amide bonds. The number of fused-ring (bicyclic) bond motifs is 2. The summed E-state index contributed by atoms with van der Waals surface area (Å²) in [5.41, 5.74) is 1.48. The quantitative estimate of drug-likeness (QED) is 0.353. The Labute approximate surface area is 187 Å². The van der Waals surface area contributed by atoms with Gasteiger partial charge in [0.05, 0.1) is 6.10 Å². The van der Waals surface area contributed by atoms with Gasteiger partial charge in [-0.05, 0) is 49.7 Å². The number of halogens is 3. The van der Waals surface area contributed by atoms with E-state index >= 15 is 0 Å². The Hall–Kier alpha value is -2.47. The first kappa shape index (κ1) is 22.7. The molecule has 0 aromatic heterocycles. The SMILES string of the molecule is C=CCCc1ccc2c(c1F)Oc1c(cc(OCC3CCC(CCC)CO3)c(F)c1F)C2. The highest BCUT2D eigenvalue weighted by Gasteiger charge is 2.29. The number of ether oxygens (including phenoxy) is 3. The molecule has 2 aromatic carbocycles. The van der Waals surface area contributed by atoms with Crippen molar-refractivity contribution < 1.29 is 27.4 Å². The summed E-state index contributed by atoms with van der Waals surface area (Å²) >= 11 is 0. The fourth-order valence-corrected chi connectivity index (χ4v) is 4.44. The molecule has 1 fully saturated rings. The van der Waals surface area contributed by atoms with Gasteiger partial charge in [0.25, 0.3) is 0 Å². The van der Waals surface area contributed by atoms with Gasteiger partial charge in [-0.3, -0.25) is 0 Å². The molecule has 0 spiro atoms. The van der Waals surface area contributed by atoms with E-state index in [0.29, 0.717) is 42.1 Å². The fourth-order valence-electron chi connectivity index (χ4n) is 4.44. The van der Waals surface area contributed by atoms with Gasteiger partial charge in [0, 0.05) is 24.2 Å². The normalized spacial score (nSPS) is 19.6. The first-order chi connectivity index (χ1) is 15.5. The topological polar surface area (TPSA) is 27.7 Å². The Morgan fingerprint density at radius 3 is 2.62 bits per heavy atom. The maximum absolute atomic E-state index is 14.9. The third-order valence-electron chi connectivity index (χ3n) is 6.25. The van der Waals surface area contributed by atoms with E-state index in [-0.39, 0.29) is 36.4 Å². The van der Waals surface area contributed by atoms with Gasteiger partial charge in [0.1, 0.15) is 6.61 Å². The van der Waals surface area contributed by atoms with Crippen LogP contribution in [0.3, 0.4) is 0 Å². The van der Waals surface area contributed by atoms with Gasteiger partial charge in [-0.2, -0.15) is 8.78 Å². The molecule has 172 valence electrons. The van der Waals surface area contributed by atoms with E-state index in [0.717, 1.165) is 25.7 Å². The van der Waals surface area contributed by atoms with Crippen molar-refractivity contribution in [3.63, 3.8) is 0 Å². The number of rotatable bonds is 8. The second-order valence-corrected chi connectivity index (χ2v) is 8.62. The molecule has 0 aliphatic carbocycles. The van der Waals surface area contributed by atoms with E-state index in [4.69, 9.17) is 14.2 Å². The van der Waals surface area contributed by atoms with E-state index < -0.39 is 17.5 Å². The molecule has 3 nitrogen and oxygen atoms in total. The molecule has 2 aromatic rings. The molecule has 2 aliphatic rings. The average molecular weight is 447 g/mol. The van der Waals surface area contributed by atoms with Crippen LogP contribution in [0.2, 0.25) is 0 Å². The van der Waals surface area contributed by atoms with Gasteiger partial charge in [-0.15, -0.1) is 6.58 Å². The Balaban J connectivity index is 1.48. The van der Waals surface area contributed by atoms with Gasteiger partial charge < -0.3 is 14.2 Å². The molecule has 4 rings (SSSR count). The Morgan fingerprint density at radius 1 is 1.09 bits per heavy atom. The third-order valence-corrected chi connectivity index (χ3v) is 6.25. The molecule has 2 atom stereocenters. The number of allylic oxidation sites excluding steroid dienone is 1. The van der Waals surface area contributed by atoms with E-state index in [2.05, 4.69) is 13.5 Å². The molecular formula is C26H29F3O3. The van der Waals surface area contributed by atoms with E-state index in [9.17, 15) is 13.2 Å². The standard InChI is InChI=1S/C26H29F3O3/c1-3-5-7-17-9-10-18-12-19-13-21(23(28)24(29)26(19)32-25(18)22(17)27)31-15-20-11-8-16(6-4-2)14-30-20/h3,9-10,13,16,20H,1,4-8,11-12,14-15H2,2H3. The second kappa shape index (κ2) is 9.99. The Morgan fingerprint density at radius 2 is 1.91 bits per heavy atom. The maximum Gasteiger partial charge on any atom is 0.205 e. The summed E-state index contributed by atoms with van der Waals surface area (Å²) in [5, 5.41) is 0. The van der Waals surface area contributed by atoms with E-state index in [1.54, 1.807) is 18.2 Å². The first-order valence-electron chi connectivity index (χ1n) is 11.4. The van der Waals surface area contributed by atoms with Crippen LogP contribution >= 0.6 is 0 Å². The fraction of sp³-hybridized carbons (Fsp3) is 0.462. The minimum atomic E-state index is -1.16. The highest BCUT2D eigenvalue weighted by molar-refractivity contribution is 5.54. The molecule has 1 saturated heterocycles. The van der Waals surface area contributed by atoms with Crippen molar-refractivity contribution in [2.45, 2.75) is 58.0 Å². The summed E-state index contributed by atoms with van der Waals surface area (Å²) in [6, 6.07) is 4.92. The monoisotopic (exact) mass is 446 g/mol. The minimum absolute atomic E-state index is 0.0386. The predicted molar refractivity (Wildman–Crippen MR) is 117 cm³/mol. The molecule has 0 radical (unpaired) electrons. The lowest BCUT2D eigenvalue weighted by atomic mass is 9.94. The summed E-state index contributed by atoms with van der Waals surface area (Å²) in [7, 11) is 0. The van der Waals surface area contributed by atoms with Gasteiger partial charge in [0.2, 0.25) is 11.6 Å². The lowest BCUT2D eigenvalue weighted by Crippen LogP contribution is -2.30. The largest absolute Gasteiger partial charge is 0.488 e. The van der Waals surface area contributed by atoms with Crippen LogP contribution in [0.15, 0.2) is 30.9 Å². The predicted octanol–water partition coefficient (Wildman–Crippen LogP) is 6.89. The number of hydrogen-bond acceptors (Lipinski definition) is 3. The highest BCUT2D eigenvalue weighted by Crippen LogP contribution is 2.43. The van der Waals surface area contributed by atoms with Crippen molar-refractivity contribution in [1.82, 2.24) is 0 Å². The summed E-state index contributed by atoms with van der Waals surface area (Å²) < 4.78 is 61.4. The number of hydrogen-bond donors (Lipinski definition) is 0. The van der Waals surface area contributed by atoms with Gasteiger partial charge >= 0.3 is 0 Å².